The van der Waals surface area contributed by atoms with Crippen LogP contribution in [-0.2, 0) is 36.6 Å². The highest BCUT2D eigenvalue weighted by Gasteiger charge is 2.46. The van der Waals surface area contributed by atoms with Crippen LogP contribution in [0.25, 0.3) is 11.3 Å². The van der Waals surface area contributed by atoms with E-state index in [0.29, 0.717) is 0 Å². The van der Waals surface area contributed by atoms with Crippen LogP contribution in [0.2, 0.25) is 0 Å². The minimum absolute atomic E-state index is 0.0806. The molecule has 0 saturated carbocycles. The molecule has 1 aliphatic rings. The van der Waals surface area contributed by atoms with Crippen LogP contribution in [0.1, 0.15) is 93.1 Å². The zero-order valence-electron chi connectivity index (χ0n) is 33.8. The summed E-state index contributed by atoms with van der Waals surface area (Å²) < 4.78 is 75.3. The van der Waals surface area contributed by atoms with Crippen molar-refractivity contribution in [3.8, 4) is 11.3 Å². The molecule has 56 heavy (non-hydrogen) atoms. The van der Waals surface area contributed by atoms with Gasteiger partial charge in [-0.3, -0.25) is 9.59 Å². The van der Waals surface area contributed by atoms with Gasteiger partial charge in [0.25, 0.3) is 5.91 Å². The lowest BCUT2D eigenvalue weighted by atomic mass is 9.79. The minimum Gasteiger partial charge on any atom is -0.453 e. The number of carbonyl (C=O) groups excluding carboxylic acids is 3. The number of hydrogen-bond acceptors (Lipinski definition) is 7. The van der Waals surface area contributed by atoms with Crippen LogP contribution in [0.3, 0.4) is 0 Å². The zero-order valence-corrected chi connectivity index (χ0v) is 34.7. The van der Waals surface area contributed by atoms with E-state index in [1.165, 1.54) is 29.9 Å². The quantitative estimate of drug-likeness (QED) is 0.127. The molecule has 2 amide bonds. The largest absolute Gasteiger partial charge is 0.453 e. The first-order valence-corrected chi connectivity index (χ1v) is 19.7. The van der Waals surface area contributed by atoms with E-state index in [1.54, 1.807) is 52.3 Å². The maximum absolute atomic E-state index is 16.1. The van der Waals surface area contributed by atoms with Crippen molar-refractivity contribution in [2.45, 2.75) is 111 Å². The molecule has 2 aromatic carbocycles. The molecule has 0 radical (unpaired) electrons. The second-order valence-corrected chi connectivity index (χ2v) is 18.8. The number of rotatable bonds is 13. The SMILES string of the molecule is CC(=O)OC(C)C(=O)N(CC1CN(C(=O)OC(C)(C)C)CC1F)C(c1nc(-c2cc(F)ccc2F)cn1Cc1ccccc1)C(C)(C)CC=NS(=O)C(C)(C)C. The van der Waals surface area contributed by atoms with Crippen molar-refractivity contribution in [3.63, 3.8) is 0 Å². The number of alkyl halides is 1. The zero-order chi connectivity index (χ0) is 41.7. The number of carbonyl (C=O) groups is 3. The van der Waals surface area contributed by atoms with Crippen LogP contribution in [0.4, 0.5) is 18.0 Å². The number of likely N-dealkylation sites (tertiary alicyclic amines) is 1. The Morgan fingerprint density at radius 1 is 1.04 bits per heavy atom. The Morgan fingerprint density at radius 3 is 2.30 bits per heavy atom. The number of aromatic nitrogens is 2. The van der Waals surface area contributed by atoms with Crippen molar-refractivity contribution in [2.75, 3.05) is 19.6 Å². The van der Waals surface area contributed by atoms with Gasteiger partial charge in [0.1, 0.15) is 40.2 Å². The molecular weight excluding hydrogens is 748 g/mol. The fourth-order valence-corrected chi connectivity index (χ4v) is 7.01. The van der Waals surface area contributed by atoms with Gasteiger partial charge < -0.3 is 23.8 Å². The average Bonchev–Trinajstić information content (AvgIpc) is 3.66. The van der Waals surface area contributed by atoms with Crippen LogP contribution < -0.4 is 0 Å². The summed E-state index contributed by atoms with van der Waals surface area (Å²) in [5, 5.41) is 0. The maximum Gasteiger partial charge on any atom is 0.410 e. The van der Waals surface area contributed by atoms with Gasteiger partial charge >= 0.3 is 12.1 Å². The first-order valence-electron chi connectivity index (χ1n) is 18.6. The third kappa shape index (κ3) is 11.5. The first kappa shape index (κ1) is 44.2. The summed E-state index contributed by atoms with van der Waals surface area (Å²) in [6.45, 7) is 16.3. The van der Waals surface area contributed by atoms with Crippen LogP contribution in [0, 0.1) is 23.0 Å². The van der Waals surface area contributed by atoms with E-state index in [9.17, 15) is 23.0 Å². The fourth-order valence-electron chi connectivity index (χ4n) is 6.49. The molecule has 5 unspecified atom stereocenters. The van der Waals surface area contributed by atoms with E-state index in [-0.39, 0.29) is 49.7 Å². The lowest BCUT2D eigenvalue weighted by Crippen LogP contribution is -2.50. The third-order valence-electron chi connectivity index (χ3n) is 9.23. The number of esters is 1. The minimum atomic E-state index is -1.61. The normalized spacial score (nSPS) is 18.1. The summed E-state index contributed by atoms with van der Waals surface area (Å²) in [7, 11) is -1.61. The van der Waals surface area contributed by atoms with E-state index >= 15 is 8.78 Å². The van der Waals surface area contributed by atoms with Crippen molar-refractivity contribution in [1.82, 2.24) is 19.4 Å². The molecule has 1 fully saturated rings. The monoisotopic (exact) mass is 801 g/mol. The van der Waals surface area contributed by atoms with E-state index in [0.717, 1.165) is 23.8 Å². The Labute approximate surface area is 330 Å². The van der Waals surface area contributed by atoms with E-state index in [4.69, 9.17) is 14.5 Å². The molecule has 15 heteroatoms. The Bertz CT molecular complexity index is 1920. The van der Waals surface area contributed by atoms with Gasteiger partial charge in [-0.1, -0.05) is 44.2 Å². The summed E-state index contributed by atoms with van der Waals surface area (Å²) in [6, 6.07) is 11.3. The molecule has 306 valence electrons. The van der Waals surface area contributed by atoms with Gasteiger partial charge in [-0.2, -0.15) is 4.40 Å². The number of nitrogens with zero attached hydrogens (tertiary/aromatic N) is 5. The number of ether oxygens (including phenoxy) is 2. The lowest BCUT2D eigenvalue weighted by Gasteiger charge is -2.43. The highest BCUT2D eigenvalue weighted by Crippen LogP contribution is 2.43. The molecule has 11 nitrogen and oxygen atoms in total. The first-order chi connectivity index (χ1) is 26.0. The molecule has 3 aromatic rings. The van der Waals surface area contributed by atoms with E-state index in [1.807, 2.05) is 44.2 Å². The van der Waals surface area contributed by atoms with Crippen molar-refractivity contribution in [3.05, 3.63) is 77.8 Å². The summed E-state index contributed by atoms with van der Waals surface area (Å²) in [5.74, 6) is -3.47. The topological polar surface area (TPSA) is 123 Å². The number of hydrogen-bond donors (Lipinski definition) is 0. The van der Waals surface area contributed by atoms with Crippen molar-refractivity contribution in [1.29, 1.82) is 0 Å². The lowest BCUT2D eigenvalue weighted by molar-refractivity contribution is -0.161. The van der Waals surface area contributed by atoms with Gasteiger partial charge in [-0.25, -0.2) is 27.2 Å². The molecule has 5 atom stereocenters. The van der Waals surface area contributed by atoms with Gasteiger partial charge in [-0.05, 0) is 84.1 Å². The fraction of sp³-hybridized carbons (Fsp3) is 0.537. The van der Waals surface area contributed by atoms with E-state index in [2.05, 4.69) is 4.40 Å². The Balaban J connectivity index is 1.95. The molecule has 1 aliphatic heterocycles. The maximum atomic E-state index is 16.1. The summed E-state index contributed by atoms with van der Waals surface area (Å²) in [5.41, 5.74) is -1.07. The van der Waals surface area contributed by atoms with Gasteiger partial charge in [0, 0.05) is 50.5 Å². The Morgan fingerprint density at radius 2 is 1.70 bits per heavy atom. The third-order valence-corrected chi connectivity index (χ3v) is 10.6. The van der Waals surface area contributed by atoms with Gasteiger partial charge in [0.15, 0.2) is 6.10 Å². The second kappa shape index (κ2) is 17.7. The molecule has 1 saturated heterocycles. The second-order valence-electron chi connectivity index (χ2n) is 16.9. The molecule has 4 rings (SSSR count). The standard InChI is InChI=1S/C41H54F3N5O6S/c1-26(54-27(2)50)37(51)49(23-29-22-48(24-33(29)44)38(52)55-39(3,4)5)35(41(9,10)18-19-45-56(53)40(6,7)8)36-46-34(31-20-30(42)16-17-32(31)43)25-47(36)21-28-14-12-11-13-15-28/h11-17,19-20,25-26,29,33,35H,18,21-24H2,1-10H3. The predicted octanol–water partition coefficient (Wildman–Crippen LogP) is 7.85. The van der Waals surface area contributed by atoms with Gasteiger partial charge in [0.2, 0.25) is 0 Å². The molecule has 0 bridgehead atoms. The number of halogens is 3. The smallest absolute Gasteiger partial charge is 0.410 e. The highest BCUT2D eigenvalue weighted by molar-refractivity contribution is 7.85. The van der Waals surface area contributed by atoms with Crippen LogP contribution in [0.5, 0.6) is 0 Å². The van der Waals surface area contributed by atoms with Crippen LogP contribution >= 0.6 is 0 Å². The van der Waals surface area contributed by atoms with Crippen LogP contribution in [-0.4, -0.2) is 90.0 Å². The average molecular weight is 802 g/mol. The number of amides is 2. The predicted molar refractivity (Wildman–Crippen MR) is 210 cm³/mol. The molecule has 0 N–H and O–H groups in total. The molecule has 2 heterocycles. The van der Waals surface area contributed by atoms with Crippen LogP contribution in [0.15, 0.2) is 59.1 Å². The summed E-state index contributed by atoms with van der Waals surface area (Å²) in [6.07, 6.45) is -0.381. The Kier molecular flexibility index (Phi) is 14.0. The molecular formula is C41H54F3N5O6S. The van der Waals surface area contributed by atoms with Gasteiger partial charge in [0.05, 0.1) is 23.0 Å². The number of benzene rings is 2. The van der Waals surface area contributed by atoms with E-state index < -0.39 is 80.6 Å². The highest BCUT2D eigenvalue weighted by atomic mass is 32.2. The Hall–Kier alpha value is -4.53. The molecule has 0 aliphatic carbocycles. The van der Waals surface area contributed by atoms with Crippen molar-refractivity contribution < 1.29 is 41.2 Å². The summed E-state index contributed by atoms with van der Waals surface area (Å²) in [4.78, 5) is 47.5. The van der Waals surface area contributed by atoms with Crippen molar-refractivity contribution >= 4 is 35.2 Å². The van der Waals surface area contributed by atoms with Crippen molar-refractivity contribution in [2.24, 2.45) is 15.7 Å². The van der Waals surface area contributed by atoms with Gasteiger partial charge in [-0.15, -0.1) is 0 Å². The summed E-state index contributed by atoms with van der Waals surface area (Å²) >= 11 is 0. The number of imidazole rings is 1. The molecule has 0 spiro atoms. The molecule has 1 aromatic heterocycles.